The first-order valence-electron chi connectivity index (χ1n) is 4.23. The molecular formula is C10H11NO2. The van der Waals surface area contributed by atoms with E-state index in [-0.39, 0.29) is 12.0 Å². The molecule has 1 aliphatic heterocycles. The van der Waals surface area contributed by atoms with Gasteiger partial charge in [-0.2, -0.15) is 0 Å². The zero-order chi connectivity index (χ0) is 9.26. The van der Waals surface area contributed by atoms with Crippen LogP contribution in [0.3, 0.4) is 0 Å². The van der Waals surface area contributed by atoms with E-state index in [0.717, 1.165) is 12.1 Å². The zero-order valence-electron chi connectivity index (χ0n) is 7.41. The molecule has 1 aromatic rings. The van der Waals surface area contributed by atoms with Crippen molar-refractivity contribution >= 4 is 11.7 Å². The quantitative estimate of drug-likeness (QED) is 0.655. The predicted octanol–water partition coefficient (Wildman–Crippen LogP) is 1.20. The van der Waals surface area contributed by atoms with Gasteiger partial charge in [-0.25, -0.2) is 4.79 Å². The summed E-state index contributed by atoms with van der Waals surface area (Å²) in [5.41, 5.74) is 2.22. The highest BCUT2D eigenvalue weighted by Crippen LogP contribution is 2.25. The Bertz CT molecular complexity index is 310. The number of hydrogen-bond donors (Lipinski definition) is 1. The van der Waals surface area contributed by atoms with E-state index in [9.17, 15) is 4.79 Å². The van der Waals surface area contributed by atoms with Crippen molar-refractivity contribution in [1.29, 1.82) is 0 Å². The summed E-state index contributed by atoms with van der Waals surface area (Å²) in [7, 11) is 1.41. The van der Waals surface area contributed by atoms with Crippen molar-refractivity contribution in [3.8, 4) is 0 Å². The molecule has 1 atom stereocenters. The molecule has 0 saturated heterocycles. The molecule has 1 aliphatic rings. The number of hydrogen-bond acceptors (Lipinski definition) is 3. The number of fused-ring (bicyclic) bond motifs is 1. The normalized spacial score (nSPS) is 19.0. The van der Waals surface area contributed by atoms with Crippen LogP contribution in [0.1, 0.15) is 5.56 Å². The lowest BCUT2D eigenvalue weighted by atomic mass is 10.1. The van der Waals surface area contributed by atoms with Crippen LogP contribution in [0.2, 0.25) is 0 Å². The van der Waals surface area contributed by atoms with Gasteiger partial charge in [0.15, 0.2) is 0 Å². The summed E-state index contributed by atoms with van der Waals surface area (Å²) in [6.45, 7) is 0. The van der Waals surface area contributed by atoms with E-state index < -0.39 is 0 Å². The van der Waals surface area contributed by atoms with E-state index in [1.54, 1.807) is 0 Å². The lowest BCUT2D eigenvalue weighted by Gasteiger charge is -2.07. The first kappa shape index (κ1) is 8.10. The number of nitrogens with one attached hydrogen (secondary N) is 1. The first-order valence-corrected chi connectivity index (χ1v) is 4.23. The minimum Gasteiger partial charge on any atom is -0.467 e. The van der Waals surface area contributed by atoms with E-state index in [1.165, 1.54) is 12.7 Å². The third-order valence-electron chi connectivity index (χ3n) is 2.26. The smallest absolute Gasteiger partial charge is 0.328 e. The molecule has 0 aliphatic carbocycles. The molecule has 0 unspecified atom stereocenters. The predicted molar refractivity (Wildman–Crippen MR) is 49.6 cm³/mol. The van der Waals surface area contributed by atoms with Gasteiger partial charge in [0.1, 0.15) is 6.04 Å². The van der Waals surface area contributed by atoms with Gasteiger partial charge in [0.2, 0.25) is 0 Å². The number of rotatable bonds is 1. The number of carbonyl (C=O) groups excluding carboxylic acids is 1. The Morgan fingerprint density at radius 2 is 2.31 bits per heavy atom. The van der Waals surface area contributed by atoms with E-state index >= 15 is 0 Å². The SMILES string of the molecule is COC(=O)[C@H]1Cc2ccccc2N1. The number of carbonyl (C=O) groups is 1. The topological polar surface area (TPSA) is 38.3 Å². The largest absolute Gasteiger partial charge is 0.467 e. The Hall–Kier alpha value is -1.51. The van der Waals surface area contributed by atoms with Crippen molar-refractivity contribution in [1.82, 2.24) is 0 Å². The molecule has 3 heteroatoms. The molecule has 0 radical (unpaired) electrons. The molecule has 2 rings (SSSR count). The molecule has 13 heavy (non-hydrogen) atoms. The Kier molecular flexibility index (Phi) is 1.93. The highest BCUT2D eigenvalue weighted by atomic mass is 16.5. The standard InChI is InChI=1S/C10H11NO2/c1-13-10(12)9-6-7-4-2-3-5-8(7)11-9/h2-5,9,11H,6H2,1H3/t9-/m1/s1. The van der Waals surface area contributed by atoms with Crippen LogP contribution < -0.4 is 5.32 Å². The lowest BCUT2D eigenvalue weighted by Crippen LogP contribution is -2.27. The molecule has 1 aromatic carbocycles. The molecule has 3 nitrogen and oxygen atoms in total. The Morgan fingerprint density at radius 1 is 1.54 bits per heavy atom. The van der Waals surface area contributed by atoms with Crippen molar-refractivity contribution in [3.63, 3.8) is 0 Å². The zero-order valence-corrected chi connectivity index (χ0v) is 7.41. The summed E-state index contributed by atoms with van der Waals surface area (Å²) < 4.78 is 4.66. The fraction of sp³-hybridized carbons (Fsp3) is 0.300. The van der Waals surface area contributed by atoms with Gasteiger partial charge in [-0.15, -0.1) is 0 Å². The van der Waals surface area contributed by atoms with Crippen LogP contribution >= 0.6 is 0 Å². The van der Waals surface area contributed by atoms with Gasteiger partial charge in [0.05, 0.1) is 7.11 Å². The Morgan fingerprint density at radius 3 is 3.00 bits per heavy atom. The monoisotopic (exact) mass is 177 g/mol. The van der Waals surface area contributed by atoms with Crippen molar-refractivity contribution in [2.75, 3.05) is 12.4 Å². The van der Waals surface area contributed by atoms with Gasteiger partial charge in [0, 0.05) is 12.1 Å². The number of methoxy groups -OCH3 is 1. The van der Waals surface area contributed by atoms with Crippen LogP contribution in [-0.2, 0) is 16.0 Å². The van der Waals surface area contributed by atoms with Crippen molar-refractivity contribution in [2.45, 2.75) is 12.5 Å². The summed E-state index contributed by atoms with van der Waals surface area (Å²) in [6.07, 6.45) is 0.725. The fourth-order valence-electron chi connectivity index (χ4n) is 1.58. The average Bonchev–Trinajstić information content (AvgIpc) is 2.59. The summed E-state index contributed by atoms with van der Waals surface area (Å²) in [6, 6.07) is 7.71. The van der Waals surface area contributed by atoms with Gasteiger partial charge >= 0.3 is 5.97 Å². The van der Waals surface area contributed by atoms with E-state index in [2.05, 4.69) is 10.1 Å². The number of para-hydroxylation sites is 1. The first-order chi connectivity index (χ1) is 6.31. The summed E-state index contributed by atoms with van der Waals surface area (Å²) in [5, 5.41) is 3.11. The van der Waals surface area contributed by atoms with Crippen molar-refractivity contribution in [3.05, 3.63) is 29.8 Å². The van der Waals surface area contributed by atoms with Crippen LogP contribution in [0.25, 0.3) is 0 Å². The van der Waals surface area contributed by atoms with E-state index in [1.807, 2.05) is 24.3 Å². The molecule has 1 heterocycles. The van der Waals surface area contributed by atoms with Gasteiger partial charge in [-0.1, -0.05) is 18.2 Å². The van der Waals surface area contributed by atoms with E-state index in [4.69, 9.17) is 0 Å². The van der Waals surface area contributed by atoms with Crippen LogP contribution in [-0.4, -0.2) is 19.1 Å². The second-order valence-electron chi connectivity index (χ2n) is 3.08. The highest BCUT2D eigenvalue weighted by Gasteiger charge is 2.26. The van der Waals surface area contributed by atoms with Gasteiger partial charge in [0.25, 0.3) is 0 Å². The minimum absolute atomic E-state index is 0.198. The van der Waals surface area contributed by atoms with E-state index in [0.29, 0.717) is 0 Å². The summed E-state index contributed by atoms with van der Waals surface area (Å²) in [4.78, 5) is 11.2. The van der Waals surface area contributed by atoms with Crippen LogP contribution in [0.15, 0.2) is 24.3 Å². The molecule has 0 saturated carbocycles. The second-order valence-corrected chi connectivity index (χ2v) is 3.08. The second kappa shape index (κ2) is 3.09. The molecule has 0 spiro atoms. The Labute approximate surface area is 76.7 Å². The van der Waals surface area contributed by atoms with Crippen molar-refractivity contribution in [2.24, 2.45) is 0 Å². The maximum Gasteiger partial charge on any atom is 0.328 e. The van der Waals surface area contributed by atoms with Crippen LogP contribution in [0, 0.1) is 0 Å². The lowest BCUT2D eigenvalue weighted by molar-refractivity contribution is -0.141. The number of ether oxygens (including phenoxy) is 1. The molecule has 0 aromatic heterocycles. The Balaban J connectivity index is 2.18. The number of benzene rings is 1. The van der Waals surface area contributed by atoms with Crippen molar-refractivity contribution < 1.29 is 9.53 Å². The molecule has 68 valence electrons. The third kappa shape index (κ3) is 1.37. The van der Waals surface area contributed by atoms with Gasteiger partial charge in [-0.3, -0.25) is 0 Å². The number of esters is 1. The summed E-state index contributed by atoms with van der Waals surface area (Å²) in [5.74, 6) is -0.198. The molecular weight excluding hydrogens is 166 g/mol. The minimum atomic E-state index is -0.206. The molecule has 1 N–H and O–H groups in total. The highest BCUT2D eigenvalue weighted by molar-refractivity contribution is 5.82. The third-order valence-corrected chi connectivity index (χ3v) is 2.26. The van der Waals surface area contributed by atoms with Crippen LogP contribution in [0.5, 0.6) is 0 Å². The fourth-order valence-corrected chi connectivity index (χ4v) is 1.58. The maximum absolute atomic E-state index is 11.2. The molecule has 0 fully saturated rings. The van der Waals surface area contributed by atoms with Gasteiger partial charge < -0.3 is 10.1 Å². The number of anilines is 1. The molecule has 0 amide bonds. The molecule has 0 bridgehead atoms. The van der Waals surface area contributed by atoms with Crippen LogP contribution in [0.4, 0.5) is 5.69 Å². The maximum atomic E-state index is 11.2. The summed E-state index contributed by atoms with van der Waals surface area (Å²) >= 11 is 0. The van der Waals surface area contributed by atoms with Gasteiger partial charge in [-0.05, 0) is 11.6 Å². The average molecular weight is 177 g/mol.